The Labute approximate surface area is 191 Å². The number of aromatic amines is 1. The number of hydrogen-bond acceptors (Lipinski definition) is 3. The summed E-state index contributed by atoms with van der Waals surface area (Å²) in [5, 5.41) is 0.777. The molecule has 6 rings (SSSR count). The molecule has 3 aromatic rings. The molecule has 0 bridgehead atoms. The number of carbonyl (C=O) groups excluding carboxylic acids is 2. The van der Waals surface area contributed by atoms with Crippen LogP contribution in [0.2, 0.25) is 0 Å². The molecule has 33 heavy (non-hydrogen) atoms. The summed E-state index contributed by atoms with van der Waals surface area (Å²) in [6, 6.07) is 11.0. The third-order valence-electron chi connectivity index (χ3n) is 7.51. The number of imide groups is 1. The van der Waals surface area contributed by atoms with Crippen molar-refractivity contribution >= 4 is 22.8 Å². The van der Waals surface area contributed by atoms with E-state index in [9.17, 15) is 14.0 Å². The molecule has 7 heteroatoms. The van der Waals surface area contributed by atoms with Crippen LogP contribution < -0.4 is 4.74 Å². The Morgan fingerprint density at radius 1 is 1.03 bits per heavy atom. The van der Waals surface area contributed by atoms with E-state index in [1.54, 1.807) is 18.1 Å². The summed E-state index contributed by atoms with van der Waals surface area (Å²) in [6.45, 7) is 0. The summed E-state index contributed by atoms with van der Waals surface area (Å²) in [5.74, 6) is 0.282. The number of aromatic nitrogens is 1. The summed E-state index contributed by atoms with van der Waals surface area (Å²) >= 11 is 0. The Bertz CT molecular complexity index is 1250. The first kappa shape index (κ1) is 20.3. The number of ether oxygens (including phenoxy) is 1. The van der Waals surface area contributed by atoms with Gasteiger partial charge in [0.25, 0.3) is 5.91 Å². The lowest BCUT2D eigenvalue weighted by Crippen LogP contribution is -2.44. The zero-order chi connectivity index (χ0) is 22.7. The first-order valence-corrected chi connectivity index (χ1v) is 11.7. The zero-order valence-corrected chi connectivity index (χ0v) is 18.5. The zero-order valence-electron chi connectivity index (χ0n) is 18.5. The molecule has 170 valence electrons. The van der Waals surface area contributed by atoms with Crippen molar-refractivity contribution in [3.05, 3.63) is 65.1 Å². The van der Waals surface area contributed by atoms with Crippen molar-refractivity contribution in [1.29, 1.82) is 0 Å². The van der Waals surface area contributed by atoms with Crippen molar-refractivity contribution in [3.63, 3.8) is 0 Å². The van der Waals surface area contributed by atoms with Gasteiger partial charge in [0.05, 0.1) is 7.11 Å². The highest BCUT2D eigenvalue weighted by Crippen LogP contribution is 2.45. The first-order valence-electron chi connectivity index (χ1n) is 11.7. The number of rotatable bonds is 3. The van der Waals surface area contributed by atoms with Gasteiger partial charge >= 0.3 is 6.03 Å². The summed E-state index contributed by atoms with van der Waals surface area (Å²) in [5.41, 5.74) is 3.47. The fraction of sp³-hybridized carbons (Fsp3) is 0.385. The van der Waals surface area contributed by atoms with Crippen molar-refractivity contribution in [2.45, 2.75) is 56.7 Å². The molecule has 6 nitrogen and oxygen atoms in total. The average Bonchev–Trinajstić information content (AvgIpc) is 3.32. The van der Waals surface area contributed by atoms with Crippen molar-refractivity contribution in [2.24, 2.45) is 0 Å². The Morgan fingerprint density at radius 2 is 1.79 bits per heavy atom. The number of nitrogens with one attached hydrogen (secondary N) is 1. The third kappa shape index (κ3) is 3.05. The minimum absolute atomic E-state index is 0.0339. The molecule has 0 radical (unpaired) electrons. The number of hydrogen-bond donors (Lipinski definition) is 1. The van der Waals surface area contributed by atoms with E-state index in [2.05, 4.69) is 4.98 Å². The maximum Gasteiger partial charge on any atom is 0.328 e. The van der Waals surface area contributed by atoms with Crippen LogP contribution in [-0.2, 0) is 11.2 Å². The van der Waals surface area contributed by atoms with Crippen LogP contribution in [0.5, 0.6) is 5.75 Å². The molecule has 1 saturated heterocycles. The third-order valence-corrected chi connectivity index (χ3v) is 7.51. The quantitative estimate of drug-likeness (QED) is 0.579. The normalized spacial score (nSPS) is 23.2. The van der Waals surface area contributed by atoms with E-state index in [1.807, 2.05) is 24.3 Å². The van der Waals surface area contributed by atoms with Gasteiger partial charge in [-0.2, -0.15) is 0 Å². The Kier molecular flexibility index (Phi) is 4.67. The number of carbonyl (C=O) groups is 2. The maximum absolute atomic E-state index is 14.1. The van der Waals surface area contributed by atoms with Gasteiger partial charge in [0.1, 0.15) is 23.7 Å². The van der Waals surface area contributed by atoms with Gasteiger partial charge < -0.3 is 9.72 Å². The van der Waals surface area contributed by atoms with Gasteiger partial charge in [-0.3, -0.25) is 14.6 Å². The Hall–Kier alpha value is -3.35. The molecule has 3 heterocycles. The predicted molar refractivity (Wildman–Crippen MR) is 122 cm³/mol. The molecule has 3 amide bonds. The highest BCUT2D eigenvalue weighted by Gasteiger charge is 2.54. The molecule has 1 N–H and O–H groups in total. The number of amides is 3. The number of fused-ring (bicyclic) bond motifs is 4. The van der Waals surface area contributed by atoms with Gasteiger partial charge in [0.15, 0.2) is 0 Å². The lowest BCUT2D eigenvalue weighted by molar-refractivity contribution is -0.130. The molecular weight excluding hydrogens is 421 g/mol. The molecule has 3 aliphatic rings. The van der Waals surface area contributed by atoms with E-state index in [0.717, 1.165) is 65.6 Å². The standard InChI is InChI=1S/C26H26FN3O3/c1-33-18-10-7-15(8-11-18)24-23-20(19-13-16(27)9-12-21(19)28-23)14-22-25(31)29(26(32)30(22)24)17-5-3-2-4-6-17/h7-13,17,22,24,28H,2-6,14H2,1H3/t22-,24+/m1/s1. The molecule has 2 aliphatic heterocycles. The Morgan fingerprint density at radius 3 is 2.52 bits per heavy atom. The van der Waals surface area contributed by atoms with Crippen LogP contribution in [0.4, 0.5) is 9.18 Å². The van der Waals surface area contributed by atoms with Crippen LogP contribution in [0.25, 0.3) is 10.9 Å². The van der Waals surface area contributed by atoms with Crippen LogP contribution in [0.3, 0.4) is 0 Å². The Balaban J connectivity index is 1.50. The van der Waals surface area contributed by atoms with E-state index in [4.69, 9.17) is 4.74 Å². The monoisotopic (exact) mass is 447 g/mol. The van der Waals surface area contributed by atoms with Crippen LogP contribution in [0.1, 0.15) is 55.0 Å². The largest absolute Gasteiger partial charge is 0.497 e. The van der Waals surface area contributed by atoms with Crippen molar-refractivity contribution < 1.29 is 18.7 Å². The minimum atomic E-state index is -0.582. The number of H-pyrrole nitrogens is 1. The topological polar surface area (TPSA) is 65.6 Å². The van der Waals surface area contributed by atoms with E-state index in [0.29, 0.717) is 6.42 Å². The van der Waals surface area contributed by atoms with E-state index < -0.39 is 12.1 Å². The van der Waals surface area contributed by atoms with Gasteiger partial charge in [-0.1, -0.05) is 31.4 Å². The second-order valence-electron chi connectivity index (χ2n) is 9.29. The molecule has 1 aliphatic carbocycles. The highest BCUT2D eigenvalue weighted by atomic mass is 19.1. The van der Waals surface area contributed by atoms with E-state index >= 15 is 0 Å². The number of halogens is 1. The number of benzene rings is 2. The molecule has 2 atom stereocenters. The number of urea groups is 1. The van der Waals surface area contributed by atoms with E-state index in [1.165, 1.54) is 17.0 Å². The van der Waals surface area contributed by atoms with E-state index in [-0.39, 0.29) is 23.8 Å². The van der Waals surface area contributed by atoms with Crippen molar-refractivity contribution in [2.75, 3.05) is 7.11 Å². The summed E-state index contributed by atoms with van der Waals surface area (Å²) in [4.78, 5) is 34.1. The van der Waals surface area contributed by atoms with Gasteiger partial charge in [0, 0.05) is 29.1 Å². The number of methoxy groups -OCH3 is 1. The maximum atomic E-state index is 14.1. The molecule has 1 aromatic heterocycles. The highest BCUT2D eigenvalue weighted by molar-refractivity contribution is 6.06. The number of nitrogens with zero attached hydrogens (tertiary/aromatic N) is 2. The molecule has 0 spiro atoms. The van der Waals surface area contributed by atoms with Crippen LogP contribution >= 0.6 is 0 Å². The second-order valence-corrected chi connectivity index (χ2v) is 9.29. The summed E-state index contributed by atoms with van der Waals surface area (Å²) < 4.78 is 19.4. The fourth-order valence-electron chi connectivity index (χ4n) is 5.92. The fourth-order valence-corrected chi connectivity index (χ4v) is 5.92. The molecular formula is C26H26FN3O3. The van der Waals surface area contributed by atoms with Crippen molar-refractivity contribution in [3.8, 4) is 5.75 Å². The lowest BCUT2D eigenvalue weighted by Gasteiger charge is -2.36. The van der Waals surface area contributed by atoms with Crippen molar-refractivity contribution in [1.82, 2.24) is 14.8 Å². The van der Waals surface area contributed by atoms with Gasteiger partial charge in [-0.25, -0.2) is 9.18 Å². The van der Waals surface area contributed by atoms with Gasteiger partial charge in [-0.05, 0) is 54.3 Å². The van der Waals surface area contributed by atoms with Gasteiger partial charge in [0.2, 0.25) is 0 Å². The van der Waals surface area contributed by atoms with Crippen LogP contribution in [-0.4, -0.2) is 45.9 Å². The summed E-state index contributed by atoms with van der Waals surface area (Å²) in [6.07, 6.45) is 5.35. The average molecular weight is 448 g/mol. The molecule has 2 aromatic carbocycles. The van der Waals surface area contributed by atoms with Crippen LogP contribution in [0.15, 0.2) is 42.5 Å². The van der Waals surface area contributed by atoms with Crippen LogP contribution in [0, 0.1) is 5.82 Å². The molecule has 1 saturated carbocycles. The second kappa shape index (κ2) is 7.61. The van der Waals surface area contributed by atoms with Gasteiger partial charge in [-0.15, -0.1) is 0 Å². The summed E-state index contributed by atoms with van der Waals surface area (Å²) in [7, 11) is 1.61. The SMILES string of the molecule is COc1ccc([C@H]2c3[nH]c4ccc(F)cc4c3C[C@@H]3C(=O)N(C4CCCCC4)C(=O)N23)cc1. The first-order chi connectivity index (χ1) is 16.1. The smallest absolute Gasteiger partial charge is 0.328 e. The predicted octanol–water partition coefficient (Wildman–Crippen LogP) is 4.93. The minimum Gasteiger partial charge on any atom is -0.497 e. The molecule has 0 unspecified atom stereocenters. The molecule has 2 fully saturated rings. The lowest BCUT2D eigenvalue weighted by atomic mass is 9.88.